The number of carbonyl (C=O) groups is 2. The van der Waals surface area contributed by atoms with Crippen LogP contribution >= 0.6 is 0 Å². The van der Waals surface area contributed by atoms with E-state index in [9.17, 15) is 9.59 Å². The lowest BCUT2D eigenvalue weighted by molar-refractivity contribution is -0.139. The highest BCUT2D eigenvalue weighted by Gasteiger charge is 2.35. The Bertz CT molecular complexity index is 715. The van der Waals surface area contributed by atoms with Crippen LogP contribution in [-0.4, -0.2) is 59.3 Å². The van der Waals surface area contributed by atoms with Crippen LogP contribution < -0.4 is 4.90 Å². The molecule has 154 valence electrons. The molecule has 1 saturated heterocycles. The zero-order chi connectivity index (χ0) is 20.3. The summed E-state index contributed by atoms with van der Waals surface area (Å²) < 4.78 is 0. The van der Waals surface area contributed by atoms with Crippen LogP contribution in [0.25, 0.3) is 0 Å². The monoisotopic (exact) mass is 387 g/mol. The average Bonchev–Trinajstić information content (AvgIpc) is 3.21. The predicted molar refractivity (Wildman–Crippen MR) is 109 cm³/mol. The minimum absolute atomic E-state index is 0.00210. The topological polar surface area (TPSA) is 69.6 Å². The minimum Gasteiger partial charge on any atom is -0.363 e. The normalized spacial score (nSPS) is 20.3. The van der Waals surface area contributed by atoms with Gasteiger partial charge in [-0.3, -0.25) is 9.59 Å². The lowest BCUT2D eigenvalue weighted by Gasteiger charge is -2.36. The molecule has 0 N–H and O–H groups in total. The number of hydrogen-bond acceptors (Lipinski definition) is 5. The third-order valence-corrected chi connectivity index (χ3v) is 5.97. The van der Waals surface area contributed by atoms with Gasteiger partial charge in [0.1, 0.15) is 5.82 Å². The molecule has 1 aliphatic carbocycles. The summed E-state index contributed by atoms with van der Waals surface area (Å²) in [6, 6.07) is 1.86. The molecule has 1 aliphatic heterocycles. The van der Waals surface area contributed by atoms with Crippen LogP contribution in [0.2, 0.25) is 0 Å². The van der Waals surface area contributed by atoms with E-state index in [1.807, 2.05) is 30.0 Å². The Labute approximate surface area is 168 Å². The number of amides is 2. The first-order valence-corrected chi connectivity index (χ1v) is 10.4. The standard InChI is InChI=1S/C21H33N5O2/c1-15(27)25(4)14-17-13-19(24(2)3)23-20(22-17)18-11-7-8-12-26(18)21(28)16-9-5-6-10-16/h13,16,18H,5-12,14H2,1-4H3. The number of rotatable bonds is 5. The highest BCUT2D eigenvalue weighted by atomic mass is 16.2. The van der Waals surface area contributed by atoms with Crippen molar-refractivity contribution in [2.75, 3.05) is 32.6 Å². The SMILES string of the molecule is CC(=O)N(C)Cc1cc(N(C)C)nc(C2CCCCN2C(=O)C2CCCC2)n1. The van der Waals surface area contributed by atoms with E-state index in [4.69, 9.17) is 9.97 Å². The van der Waals surface area contributed by atoms with Gasteiger partial charge in [-0.15, -0.1) is 0 Å². The molecule has 0 bridgehead atoms. The van der Waals surface area contributed by atoms with Crippen LogP contribution in [0.1, 0.15) is 69.4 Å². The molecule has 7 nitrogen and oxygen atoms in total. The Kier molecular flexibility index (Phi) is 6.52. The van der Waals surface area contributed by atoms with Gasteiger partial charge in [0, 0.05) is 46.6 Å². The first-order chi connectivity index (χ1) is 13.4. The van der Waals surface area contributed by atoms with E-state index in [0.717, 1.165) is 63.0 Å². The molecule has 1 unspecified atom stereocenters. The van der Waals surface area contributed by atoms with Gasteiger partial charge < -0.3 is 14.7 Å². The zero-order valence-corrected chi connectivity index (χ0v) is 17.6. The minimum atomic E-state index is -0.0665. The quantitative estimate of drug-likeness (QED) is 0.777. The molecule has 2 aliphatic rings. The summed E-state index contributed by atoms with van der Waals surface area (Å²) in [6.45, 7) is 2.78. The molecule has 1 atom stereocenters. The Morgan fingerprint density at radius 2 is 1.75 bits per heavy atom. The molecule has 7 heteroatoms. The van der Waals surface area contributed by atoms with Gasteiger partial charge in [0.05, 0.1) is 18.3 Å². The lowest BCUT2D eigenvalue weighted by Crippen LogP contribution is -2.42. The summed E-state index contributed by atoms with van der Waals surface area (Å²) in [7, 11) is 5.68. The van der Waals surface area contributed by atoms with Crippen LogP contribution in [-0.2, 0) is 16.1 Å². The molecule has 2 heterocycles. The fourth-order valence-electron chi connectivity index (χ4n) is 4.19. The van der Waals surface area contributed by atoms with Gasteiger partial charge in [0.15, 0.2) is 5.82 Å². The highest BCUT2D eigenvalue weighted by molar-refractivity contribution is 5.79. The number of aromatic nitrogens is 2. The van der Waals surface area contributed by atoms with E-state index in [-0.39, 0.29) is 23.8 Å². The van der Waals surface area contributed by atoms with Crippen LogP contribution in [0.5, 0.6) is 0 Å². The molecule has 2 amide bonds. The van der Waals surface area contributed by atoms with Crippen molar-refractivity contribution in [1.29, 1.82) is 0 Å². The third-order valence-electron chi connectivity index (χ3n) is 5.97. The van der Waals surface area contributed by atoms with E-state index in [2.05, 4.69) is 0 Å². The molecular formula is C21H33N5O2. The van der Waals surface area contributed by atoms with Crippen LogP contribution in [0.4, 0.5) is 5.82 Å². The molecule has 0 radical (unpaired) electrons. The van der Waals surface area contributed by atoms with Crippen molar-refractivity contribution in [3.63, 3.8) is 0 Å². The summed E-state index contributed by atoms with van der Waals surface area (Å²) in [5.74, 6) is 1.98. The van der Waals surface area contributed by atoms with Gasteiger partial charge in [0.2, 0.25) is 11.8 Å². The first kappa shape index (κ1) is 20.6. The Morgan fingerprint density at radius 1 is 1.07 bits per heavy atom. The number of piperidine rings is 1. The van der Waals surface area contributed by atoms with Gasteiger partial charge in [-0.25, -0.2) is 9.97 Å². The number of likely N-dealkylation sites (tertiary alicyclic amines) is 1. The Morgan fingerprint density at radius 3 is 2.39 bits per heavy atom. The maximum Gasteiger partial charge on any atom is 0.226 e. The fourth-order valence-corrected chi connectivity index (χ4v) is 4.19. The maximum atomic E-state index is 13.2. The molecule has 1 aromatic rings. The zero-order valence-electron chi connectivity index (χ0n) is 17.6. The molecule has 0 spiro atoms. The van der Waals surface area contributed by atoms with Crippen molar-refractivity contribution in [1.82, 2.24) is 19.8 Å². The smallest absolute Gasteiger partial charge is 0.226 e. The van der Waals surface area contributed by atoms with Crippen molar-refractivity contribution in [3.05, 3.63) is 17.6 Å². The number of hydrogen-bond donors (Lipinski definition) is 0. The molecule has 1 aromatic heterocycles. The third kappa shape index (κ3) is 4.62. The van der Waals surface area contributed by atoms with Crippen molar-refractivity contribution < 1.29 is 9.59 Å². The van der Waals surface area contributed by atoms with Gasteiger partial charge >= 0.3 is 0 Å². The highest BCUT2D eigenvalue weighted by Crippen LogP contribution is 2.35. The summed E-state index contributed by atoms with van der Waals surface area (Å²) in [5, 5.41) is 0. The summed E-state index contributed by atoms with van der Waals surface area (Å²) in [4.78, 5) is 40.0. The average molecular weight is 388 g/mol. The lowest BCUT2D eigenvalue weighted by atomic mass is 9.97. The molecule has 3 rings (SSSR count). The van der Waals surface area contributed by atoms with E-state index < -0.39 is 0 Å². The number of nitrogens with zero attached hydrogens (tertiary/aromatic N) is 5. The van der Waals surface area contributed by atoms with E-state index >= 15 is 0 Å². The Hall–Kier alpha value is -2.18. The molecule has 2 fully saturated rings. The largest absolute Gasteiger partial charge is 0.363 e. The maximum absolute atomic E-state index is 13.2. The van der Waals surface area contributed by atoms with Gasteiger partial charge in [-0.2, -0.15) is 0 Å². The van der Waals surface area contributed by atoms with Crippen molar-refractivity contribution in [2.24, 2.45) is 5.92 Å². The van der Waals surface area contributed by atoms with Crippen molar-refractivity contribution >= 4 is 17.6 Å². The van der Waals surface area contributed by atoms with E-state index in [1.165, 1.54) is 0 Å². The van der Waals surface area contributed by atoms with Crippen LogP contribution in [0.3, 0.4) is 0 Å². The first-order valence-electron chi connectivity index (χ1n) is 10.4. The molecular weight excluding hydrogens is 354 g/mol. The van der Waals surface area contributed by atoms with Crippen molar-refractivity contribution in [3.8, 4) is 0 Å². The summed E-state index contributed by atoms with van der Waals surface area (Å²) >= 11 is 0. The predicted octanol–water partition coefficient (Wildman–Crippen LogP) is 2.76. The van der Waals surface area contributed by atoms with Crippen LogP contribution in [0.15, 0.2) is 6.07 Å². The van der Waals surface area contributed by atoms with Crippen LogP contribution in [0, 0.1) is 5.92 Å². The van der Waals surface area contributed by atoms with Crippen molar-refractivity contribution in [2.45, 2.75) is 64.5 Å². The number of carbonyl (C=O) groups excluding carboxylic acids is 2. The van der Waals surface area contributed by atoms with Gasteiger partial charge in [0.25, 0.3) is 0 Å². The number of anilines is 1. The van der Waals surface area contributed by atoms with Gasteiger partial charge in [-0.1, -0.05) is 12.8 Å². The van der Waals surface area contributed by atoms with E-state index in [0.29, 0.717) is 12.4 Å². The van der Waals surface area contributed by atoms with E-state index in [1.54, 1.807) is 18.9 Å². The second-order valence-corrected chi connectivity index (χ2v) is 8.37. The molecule has 0 aromatic carbocycles. The molecule has 1 saturated carbocycles. The summed E-state index contributed by atoms with van der Waals surface area (Å²) in [5.41, 5.74) is 0.810. The van der Waals surface area contributed by atoms with Gasteiger partial charge in [-0.05, 0) is 32.1 Å². The Balaban J connectivity index is 1.90. The second kappa shape index (κ2) is 8.88. The second-order valence-electron chi connectivity index (χ2n) is 8.37. The fraction of sp³-hybridized carbons (Fsp3) is 0.714. The molecule has 28 heavy (non-hydrogen) atoms. The summed E-state index contributed by atoms with van der Waals surface area (Å²) in [6.07, 6.45) is 7.35.